The van der Waals surface area contributed by atoms with Crippen LogP contribution in [0.5, 0.6) is 0 Å². The Morgan fingerprint density at radius 2 is 1.71 bits per heavy atom. The van der Waals surface area contributed by atoms with Crippen LogP contribution in [0, 0.1) is 6.92 Å². The van der Waals surface area contributed by atoms with Crippen LogP contribution in [0.25, 0.3) is 22.2 Å². The molecule has 0 spiro atoms. The van der Waals surface area contributed by atoms with E-state index in [4.69, 9.17) is 4.42 Å². The first-order chi connectivity index (χ1) is 8.22. The van der Waals surface area contributed by atoms with Gasteiger partial charge in [0.25, 0.3) is 0 Å². The topological polar surface area (TPSA) is 46.0 Å². The summed E-state index contributed by atoms with van der Waals surface area (Å²) in [7, 11) is 0. The number of aromatic amines is 1. The maximum atomic E-state index is 11.1. The van der Waals surface area contributed by atoms with E-state index >= 15 is 0 Å². The lowest BCUT2D eigenvalue weighted by Gasteiger charge is -2.01. The number of nitrogens with one attached hydrogen (secondary N) is 1. The lowest BCUT2D eigenvalue weighted by Crippen LogP contribution is -1.92. The van der Waals surface area contributed by atoms with Gasteiger partial charge in [-0.2, -0.15) is 0 Å². The Bertz CT molecular complexity index is 720. The van der Waals surface area contributed by atoms with Crippen molar-refractivity contribution in [2.24, 2.45) is 0 Å². The molecule has 0 bridgehead atoms. The second kappa shape index (κ2) is 3.63. The van der Waals surface area contributed by atoms with Gasteiger partial charge in [-0.15, -0.1) is 0 Å². The van der Waals surface area contributed by atoms with Crippen LogP contribution in [0.2, 0.25) is 0 Å². The van der Waals surface area contributed by atoms with Crippen LogP contribution in [0.1, 0.15) is 5.56 Å². The molecule has 0 radical (unpaired) electrons. The average Bonchev–Trinajstić information content (AvgIpc) is 2.69. The summed E-state index contributed by atoms with van der Waals surface area (Å²) in [5, 5.41) is 0. The van der Waals surface area contributed by atoms with Gasteiger partial charge in [0, 0.05) is 0 Å². The van der Waals surface area contributed by atoms with Crippen molar-refractivity contribution in [2.75, 3.05) is 0 Å². The molecule has 3 nitrogen and oxygen atoms in total. The number of benzene rings is 2. The van der Waals surface area contributed by atoms with Crippen LogP contribution in [0.3, 0.4) is 0 Å². The quantitative estimate of drug-likeness (QED) is 0.691. The Morgan fingerprint density at radius 3 is 2.47 bits per heavy atom. The molecule has 1 heterocycles. The highest BCUT2D eigenvalue weighted by molar-refractivity contribution is 5.80. The molecule has 0 atom stereocenters. The molecule has 0 saturated carbocycles. The van der Waals surface area contributed by atoms with E-state index < -0.39 is 5.76 Å². The molecule has 0 aliphatic rings. The molecule has 0 amide bonds. The number of oxazole rings is 1. The summed E-state index contributed by atoms with van der Waals surface area (Å²) < 4.78 is 4.97. The molecular formula is C14H11NO2. The number of hydrogen-bond acceptors (Lipinski definition) is 2. The second-order valence-electron chi connectivity index (χ2n) is 4.09. The Morgan fingerprint density at radius 1 is 1.00 bits per heavy atom. The molecule has 17 heavy (non-hydrogen) atoms. The van der Waals surface area contributed by atoms with E-state index in [1.165, 1.54) is 5.56 Å². The molecule has 3 rings (SSSR count). The molecule has 3 heteroatoms. The van der Waals surface area contributed by atoms with Crippen LogP contribution in [0.15, 0.2) is 51.7 Å². The first kappa shape index (κ1) is 9.90. The van der Waals surface area contributed by atoms with Crippen molar-refractivity contribution in [3.63, 3.8) is 0 Å². The van der Waals surface area contributed by atoms with Gasteiger partial charge in [0.15, 0.2) is 5.58 Å². The van der Waals surface area contributed by atoms with E-state index in [-0.39, 0.29) is 0 Å². The number of fused-ring (bicyclic) bond motifs is 1. The number of aryl methyl sites for hydroxylation is 1. The Kier molecular flexibility index (Phi) is 2.11. The van der Waals surface area contributed by atoms with Gasteiger partial charge in [-0.1, -0.05) is 35.9 Å². The van der Waals surface area contributed by atoms with Gasteiger partial charge in [-0.3, -0.25) is 4.98 Å². The third-order valence-corrected chi connectivity index (χ3v) is 2.80. The van der Waals surface area contributed by atoms with Crippen molar-refractivity contribution in [2.45, 2.75) is 6.92 Å². The van der Waals surface area contributed by atoms with Crippen molar-refractivity contribution in [1.82, 2.24) is 4.98 Å². The van der Waals surface area contributed by atoms with E-state index in [0.717, 1.165) is 16.6 Å². The molecule has 3 aromatic rings. The summed E-state index contributed by atoms with van der Waals surface area (Å²) in [6.45, 7) is 2.06. The summed E-state index contributed by atoms with van der Waals surface area (Å²) in [5.41, 5.74) is 4.74. The Balaban J connectivity index is 2.17. The normalized spacial score (nSPS) is 10.9. The molecular weight excluding hydrogens is 214 g/mol. The number of H-pyrrole nitrogens is 1. The second-order valence-corrected chi connectivity index (χ2v) is 4.09. The van der Waals surface area contributed by atoms with Crippen molar-refractivity contribution >= 4 is 11.1 Å². The lowest BCUT2D eigenvalue weighted by atomic mass is 10.0. The zero-order chi connectivity index (χ0) is 11.8. The minimum Gasteiger partial charge on any atom is -0.408 e. The summed E-state index contributed by atoms with van der Waals surface area (Å²) in [6, 6.07) is 13.9. The van der Waals surface area contributed by atoms with Crippen LogP contribution in [0.4, 0.5) is 0 Å². The smallest absolute Gasteiger partial charge is 0.408 e. The largest absolute Gasteiger partial charge is 0.417 e. The van der Waals surface area contributed by atoms with Gasteiger partial charge in [0.05, 0.1) is 5.52 Å². The number of rotatable bonds is 1. The average molecular weight is 225 g/mol. The van der Waals surface area contributed by atoms with Crippen molar-refractivity contribution in [1.29, 1.82) is 0 Å². The number of aromatic nitrogens is 1. The van der Waals surface area contributed by atoms with Gasteiger partial charge in [0.1, 0.15) is 0 Å². The first-order valence-corrected chi connectivity index (χ1v) is 5.42. The summed E-state index contributed by atoms with van der Waals surface area (Å²) >= 11 is 0. The van der Waals surface area contributed by atoms with E-state index in [0.29, 0.717) is 5.58 Å². The predicted molar refractivity (Wildman–Crippen MR) is 67.0 cm³/mol. The lowest BCUT2D eigenvalue weighted by molar-refractivity contribution is 0.555. The fourth-order valence-electron chi connectivity index (χ4n) is 1.88. The summed E-state index contributed by atoms with van der Waals surface area (Å²) in [4.78, 5) is 13.7. The van der Waals surface area contributed by atoms with Crippen LogP contribution in [-0.2, 0) is 0 Å². The van der Waals surface area contributed by atoms with Crippen LogP contribution in [-0.4, -0.2) is 4.98 Å². The molecule has 2 aromatic carbocycles. The molecule has 84 valence electrons. The van der Waals surface area contributed by atoms with E-state index in [1.807, 2.05) is 18.2 Å². The zero-order valence-corrected chi connectivity index (χ0v) is 9.36. The predicted octanol–water partition coefficient (Wildman–Crippen LogP) is 3.10. The third-order valence-electron chi connectivity index (χ3n) is 2.80. The minimum atomic E-state index is -0.416. The van der Waals surface area contributed by atoms with Gasteiger partial charge in [-0.25, -0.2) is 4.79 Å². The van der Waals surface area contributed by atoms with Gasteiger partial charge in [0.2, 0.25) is 0 Å². The van der Waals surface area contributed by atoms with Crippen molar-refractivity contribution in [3.05, 3.63) is 58.6 Å². The van der Waals surface area contributed by atoms with E-state index in [9.17, 15) is 4.79 Å². The zero-order valence-electron chi connectivity index (χ0n) is 9.36. The third kappa shape index (κ3) is 1.76. The Hall–Kier alpha value is -2.29. The maximum absolute atomic E-state index is 11.1. The summed E-state index contributed by atoms with van der Waals surface area (Å²) in [5.74, 6) is -0.416. The maximum Gasteiger partial charge on any atom is 0.417 e. The molecule has 0 aliphatic heterocycles. The van der Waals surface area contributed by atoms with Gasteiger partial charge >= 0.3 is 5.76 Å². The highest BCUT2D eigenvalue weighted by Gasteiger charge is 2.03. The Labute approximate surface area is 97.7 Å². The van der Waals surface area contributed by atoms with Crippen molar-refractivity contribution < 1.29 is 4.42 Å². The van der Waals surface area contributed by atoms with Gasteiger partial charge in [-0.05, 0) is 30.2 Å². The monoisotopic (exact) mass is 225 g/mol. The fraction of sp³-hybridized carbons (Fsp3) is 0.0714. The fourth-order valence-corrected chi connectivity index (χ4v) is 1.88. The standard InChI is InChI=1S/C14H11NO2/c1-9-2-4-10(5-3-9)11-6-7-13-12(8-11)15-14(16)17-13/h2-8H,1H3,(H,15,16). The van der Waals surface area contributed by atoms with Crippen LogP contribution < -0.4 is 5.76 Å². The van der Waals surface area contributed by atoms with Gasteiger partial charge < -0.3 is 4.42 Å². The molecule has 1 N–H and O–H groups in total. The first-order valence-electron chi connectivity index (χ1n) is 5.42. The summed E-state index contributed by atoms with van der Waals surface area (Å²) in [6.07, 6.45) is 0. The number of hydrogen-bond donors (Lipinski definition) is 1. The molecule has 0 unspecified atom stereocenters. The van der Waals surface area contributed by atoms with Crippen molar-refractivity contribution in [3.8, 4) is 11.1 Å². The SMILES string of the molecule is Cc1ccc(-c2ccc3oc(=O)[nH]c3c2)cc1. The highest BCUT2D eigenvalue weighted by atomic mass is 16.4. The van der Waals surface area contributed by atoms with Crippen LogP contribution >= 0.6 is 0 Å². The molecule has 0 saturated heterocycles. The van der Waals surface area contributed by atoms with E-state index in [2.05, 4.69) is 36.2 Å². The van der Waals surface area contributed by atoms with E-state index in [1.54, 1.807) is 0 Å². The molecule has 0 fully saturated rings. The molecule has 0 aliphatic carbocycles. The minimum absolute atomic E-state index is 0.416. The molecule has 1 aromatic heterocycles. The highest BCUT2D eigenvalue weighted by Crippen LogP contribution is 2.23.